The van der Waals surface area contributed by atoms with Crippen molar-refractivity contribution in [2.45, 2.75) is 37.0 Å². The number of carbonyl (C=O) groups is 1. The predicted molar refractivity (Wildman–Crippen MR) is 91.2 cm³/mol. The third-order valence-corrected chi connectivity index (χ3v) is 6.52. The molecule has 0 saturated heterocycles. The lowest BCUT2D eigenvalue weighted by atomic mass is 9.89. The second-order valence-corrected chi connectivity index (χ2v) is 8.67. The number of nitrogens with one attached hydrogen (secondary N) is 1. The van der Waals surface area contributed by atoms with Crippen molar-refractivity contribution in [1.29, 1.82) is 0 Å². The third-order valence-electron chi connectivity index (χ3n) is 4.23. The Morgan fingerprint density at radius 3 is 2.52 bits per heavy atom. The molecule has 0 spiro atoms. The van der Waals surface area contributed by atoms with Gasteiger partial charge in [0.2, 0.25) is 10.0 Å². The Kier molecular flexibility index (Phi) is 6.06. The number of amides is 1. The summed E-state index contributed by atoms with van der Waals surface area (Å²) < 4.78 is 25.6. The van der Waals surface area contributed by atoms with Gasteiger partial charge in [-0.25, -0.2) is 12.7 Å². The van der Waals surface area contributed by atoms with Gasteiger partial charge in [-0.1, -0.05) is 30.9 Å². The average molecular weight is 359 g/mol. The topological polar surface area (TPSA) is 66.5 Å². The van der Waals surface area contributed by atoms with Crippen LogP contribution in [0.25, 0.3) is 0 Å². The maximum atomic E-state index is 12.3. The van der Waals surface area contributed by atoms with Crippen LogP contribution in [0, 0.1) is 5.92 Å². The van der Waals surface area contributed by atoms with Crippen molar-refractivity contribution in [3.05, 3.63) is 28.8 Å². The van der Waals surface area contributed by atoms with E-state index in [9.17, 15) is 13.2 Å². The van der Waals surface area contributed by atoms with Gasteiger partial charge in [0, 0.05) is 26.2 Å². The van der Waals surface area contributed by atoms with E-state index >= 15 is 0 Å². The molecule has 1 aliphatic carbocycles. The molecule has 0 atom stereocenters. The van der Waals surface area contributed by atoms with Crippen molar-refractivity contribution in [2.75, 3.05) is 20.6 Å². The van der Waals surface area contributed by atoms with Crippen molar-refractivity contribution in [1.82, 2.24) is 9.62 Å². The summed E-state index contributed by atoms with van der Waals surface area (Å²) in [6.45, 7) is 0.636. The molecule has 1 fully saturated rings. The fourth-order valence-corrected chi connectivity index (χ4v) is 4.16. The maximum absolute atomic E-state index is 12.3. The molecule has 0 aromatic heterocycles. The first kappa shape index (κ1) is 18.2. The zero-order valence-electron chi connectivity index (χ0n) is 13.5. The Morgan fingerprint density at radius 1 is 1.26 bits per heavy atom. The summed E-state index contributed by atoms with van der Waals surface area (Å²) in [5, 5.41) is 3.02. The summed E-state index contributed by atoms with van der Waals surface area (Å²) in [5.74, 6) is 0.257. The summed E-state index contributed by atoms with van der Waals surface area (Å²) in [7, 11) is -0.814. The molecule has 1 amide bonds. The van der Waals surface area contributed by atoms with Gasteiger partial charge in [-0.15, -0.1) is 0 Å². The van der Waals surface area contributed by atoms with Gasteiger partial charge in [0.05, 0.1) is 5.02 Å². The first-order chi connectivity index (χ1) is 10.8. The lowest BCUT2D eigenvalue weighted by Crippen LogP contribution is -2.30. The molecule has 0 heterocycles. The molecule has 128 valence electrons. The molecule has 0 unspecified atom stereocenters. The number of benzene rings is 1. The van der Waals surface area contributed by atoms with Crippen LogP contribution >= 0.6 is 11.6 Å². The summed E-state index contributed by atoms with van der Waals surface area (Å²) in [6, 6.07) is 4.34. The Bertz CT molecular complexity index is 668. The van der Waals surface area contributed by atoms with Crippen molar-refractivity contribution >= 4 is 27.5 Å². The van der Waals surface area contributed by atoms with Gasteiger partial charge in [0.25, 0.3) is 5.91 Å². The van der Waals surface area contributed by atoms with E-state index in [1.165, 1.54) is 45.5 Å². The molecule has 1 N–H and O–H groups in total. The highest BCUT2D eigenvalue weighted by Gasteiger charge is 2.22. The highest BCUT2D eigenvalue weighted by molar-refractivity contribution is 7.89. The molecule has 1 aliphatic rings. The largest absolute Gasteiger partial charge is 0.352 e. The van der Waals surface area contributed by atoms with E-state index in [1.807, 2.05) is 0 Å². The van der Waals surface area contributed by atoms with Gasteiger partial charge in [-0.3, -0.25) is 4.79 Å². The van der Waals surface area contributed by atoms with E-state index in [0.717, 1.165) is 17.1 Å². The minimum absolute atomic E-state index is 0.0468. The Balaban J connectivity index is 2.12. The zero-order chi connectivity index (χ0) is 17.0. The predicted octanol–water partition coefficient (Wildman–Crippen LogP) is 2.90. The van der Waals surface area contributed by atoms with Crippen LogP contribution in [0.3, 0.4) is 0 Å². The molecule has 23 heavy (non-hydrogen) atoms. The summed E-state index contributed by atoms with van der Waals surface area (Å²) in [5.41, 5.74) is 0.311. The maximum Gasteiger partial charge on any atom is 0.251 e. The number of carbonyl (C=O) groups excluding carboxylic acids is 1. The number of nitrogens with zero attached hydrogens (tertiary/aromatic N) is 1. The van der Waals surface area contributed by atoms with Crippen molar-refractivity contribution in [3.63, 3.8) is 0 Å². The molecule has 1 saturated carbocycles. The summed E-state index contributed by atoms with van der Waals surface area (Å²) >= 11 is 5.99. The van der Waals surface area contributed by atoms with Crippen LogP contribution in [0.2, 0.25) is 5.02 Å². The number of hydrogen-bond donors (Lipinski definition) is 1. The standard InChI is InChI=1S/C16H23ClN2O3S/c1-19(2)23(21,22)15-10-13(8-9-14(15)17)16(20)18-11-12-6-4-3-5-7-12/h8-10,12H,3-7,11H2,1-2H3,(H,18,20). The quantitative estimate of drug-likeness (QED) is 0.880. The average Bonchev–Trinajstić information content (AvgIpc) is 2.53. The molecular weight excluding hydrogens is 336 g/mol. The Labute approximate surface area is 143 Å². The van der Waals surface area contributed by atoms with Gasteiger partial charge in [-0.2, -0.15) is 0 Å². The summed E-state index contributed by atoms with van der Waals surface area (Å²) in [6.07, 6.45) is 5.98. The fraction of sp³-hybridized carbons (Fsp3) is 0.562. The molecule has 1 aromatic rings. The first-order valence-electron chi connectivity index (χ1n) is 7.82. The second-order valence-electron chi connectivity index (χ2n) is 6.15. The highest BCUT2D eigenvalue weighted by atomic mass is 35.5. The van der Waals surface area contributed by atoms with Crippen LogP contribution < -0.4 is 5.32 Å². The lowest BCUT2D eigenvalue weighted by molar-refractivity contribution is 0.0943. The monoisotopic (exact) mass is 358 g/mol. The molecule has 0 bridgehead atoms. The second kappa shape index (κ2) is 7.64. The minimum Gasteiger partial charge on any atom is -0.352 e. The molecule has 5 nitrogen and oxygen atoms in total. The molecule has 0 aliphatic heterocycles. The lowest BCUT2D eigenvalue weighted by Gasteiger charge is -2.21. The number of halogens is 1. The van der Waals surface area contributed by atoms with E-state index < -0.39 is 10.0 Å². The third kappa shape index (κ3) is 4.46. The number of hydrogen-bond acceptors (Lipinski definition) is 3. The van der Waals surface area contributed by atoms with Gasteiger partial charge in [-0.05, 0) is 37.0 Å². The SMILES string of the molecule is CN(C)S(=O)(=O)c1cc(C(=O)NCC2CCCCC2)ccc1Cl. The van der Waals surface area contributed by atoms with Crippen LogP contribution in [0.1, 0.15) is 42.5 Å². The number of rotatable bonds is 5. The molecule has 0 radical (unpaired) electrons. The van der Waals surface area contributed by atoms with Crippen LogP contribution in [0.5, 0.6) is 0 Å². The minimum atomic E-state index is -3.68. The van der Waals surface area contributed by atoms with Gasteiger partial charge in [0.1, 0.15) is 4.90 Å². The van der Waals surface area contributed by atoms with Crippen LogP contribution in [-0.4, -0.2) is 39.3 Å². The number of sulfonamides is 1. The Hall–Kier alpha value is -1.11. The van der Waals surface area contributed by atoms with E-state index in [2.05, 4.69) is 5.32 Å². The van der Waals surface area contributed by atoms with Crippen molar-refractivity contribution < 1.29 is 13.2 Å². The van der Waals surface area contributed by atoms with Crippen molar-refractivity contribution in [3.8, 4) is 0 Å². The highest BCUT2D eigenvalue weighted by Crippen LogP contribution is 2.25. The van der Waals surface area contributed by atoms with Gasteiger partial charge in [0.15, 0.2) is 0 Å². The van der Waals surface area contributed by atoms with Crippen LogP contribution in [-0.2, 0) is 10.0 Å². The van der Waals surface area contributed by atoms with Crippen LogP contribution in [0.15, 0.2) is 23.1 Å². The van der Waals surface area contributed by atoms with E-state index in [4.69, 9.17) is 11.6 Å². The van der Waals surface area contributed by atoms with Gasteiger partial charge >= 0.3 is 0 Å². The van der Waals surface area contributed by atoms with Gasteiger partial charge < -0.3 is 5.32 Å². The van der Waals surface area contributed by atoms with E-state index in [0.29, 0.717) is 18.0 Å². The molecule has 1 aromatic carbocycles. The molecule has 7 heteroatoms. The van der Waals surface area contributed by atoms with E-state index in [1.54, 1.807) is 6.07 Å². The summed E-state index contributed by atoms with van der Waals surface area (Å²) in [4.78, 5) is 12.2. The molecule has 2 rings (SSSR count). The zero-order valence-corrected chi connectivity index (χ0v) is 15.1. The fourth-order valence-electron chi connectivity index (χ4n) is 2.77. The van der Waals surface area contributed by atoms with E-state index in [-0.39, 0.29) is 15.8 Å². The normalized spacial score (nSPS) is 16.5. The van der Waals surface area contributed by atoms with Crippen LogP contribution in [0.4, 0.5) is 0 Å². The first-order valence-corrected chi connectivity index (χ1v) is 9.64. The smallest absolute Gasteiger partial charge is 0.251 e. The molecular formula is C16H23ClN2O3S. The Morgan fingerprint density at radius 2 is 1.91 bits per heavy atom. The van der Waals surface area contributed by atoms with Crippen molar-refractivity contribution in [2.24, 2.45) is 5.92 Å².